The molecular weight excluding hydrogens is 282 g/mol. The van der Waals surface area contributed by atoms with Crippen molar-refractivity contribution in [1.29, 1.82) is 0 Å². The monoisotopic (exact) mass is 301 g/mol. The Balaban J connectivity index is 1.93. The Hall–Kier alpha value is -2.56. The van der Waals surface area contributed by atoms with Gasteiger partial charge in [-0.15, -0.1) is 0 Å². The topological polar surface area (TPSA) is 68.5 Å². The first-order valence-electron chi connectivity index (χ1n) is 7.06. The van der Waals surface area contributed by atoms with Gasteiger partial charge in [0.15, 0.2) is 6.10 Å². The number of benzene rings is 1. The number of rotatable bonds is 5. The molecule has 1 heterocycles. The van der Waals surface area contributed by atoms with Crippen LogP contribution in [0.3, 0.4) is 0 Å². The second-order valence-corrected chi connectivity index (χ2v) is 5.09. The highest BCUT2D eigenvalue weighted by molar-refractivity contribution is 5.93. The van der Waals surface area contributed by atoms with Gasteiger partial charge in [-0.1, -0.05) is 12.1 Å². The van der Waals surface area contributed by atoms with E-state index in [-0.39, 0.29) is 12.5 Å². The van der Waals surface area contributed by atoms with Crippen LogP contribution in [0, 0.1) is 13.8 Å². The van der Waals surface area contributed by atoms with Gasteiger partial charge in [0.2, 0.25) is 0 Å². The summed E-state index contributed by atoms with van der Waals surface area (Å²) in [5.74, 6) is -0.224. The van der Waals surface area contributed by atoms with Crippen molar-refractivity contribution in [3.63, 3.8) is 0 Å². The van der Waals surface area contributed by atoms with Crippen LogP contribution < -0.4 is 5.32 Å². The maximum absolute atomic E-state index is 12.1. The van der Waals surface area contributed by atoms with Gasteiger partial charge in [-0.25, -0.2) is 4.79 Å². The first-order valence-corrected chi connectivity index (χ1v) is 7.06. The Morgan fingerprint density at radius 3 is 2.68 bits per heavy atom. The number of carbonyl (C=O) groups is 2. The second kappa shape index (κ2) is 6.93. The van der Waals surface area contributed by atoms with E-state index in [9.17, 15) is 9.59 Å². The summed E-state index contributed by atoms with van der Waals surface area (Å²) < 4.78 is 10.3. The smallest absolute Gasteiger partial charge is 0.339 e. The van der Waals surface area contributed by atoms with Gasteiger partial charge in [0.05, 0.1) is 18.4 Å². The summed E-state index contributed by atoms with van der Waals surface area (Å²) in [5, 5.41) is 2.66. The van der Waals surface area contributed by atoms with Crippen molar-refractivity contribution in [3.8, 4) is 0 Å². The Labute approximate surface area is 129 Å². The molecule has 0 fully saturated rings. The van der Waals surface area contributed by atoms with Crippen molar-refractivity contribution < 1.29 is 18.7 Å². The van der Waals surface area contributed by atoms with E-state index in [1.54, 1.807) is 31.2 Å². The highest BCUT2D eigenvalue weighted by Gasteiger charge is 2.20. The van der Waals surface area contributed by atoms with Crippen LogP contribution in [0.4, 0.5) is 0 Å². The molecule has 1 N–H and O–H groups in total. The van der Waals surface area contributed by atoms with Gasteiger partial charge in [0, 0.05) is 0 Å². The molecule has 0 aliphatic rings. The summed E-state index contributed by atoms with van der Waals surface area (Å²) in [6.07, 6.45) is 0.660. The third kappa shape index (κ3) is 3.75. The summed E-state index contributed by atoms with van der Waals surface area (Å²) in [6, 6.07) is 8.91. The maximum Gasteiger partial charge on any atom is 0.339 e. The number of furan rings is 1. The van der Waals surface area contributed by atoms with E-state index < -0.39 is 12.1 Å². The number of carbonyl (C=O) groups excluding carboxylic acids is 2. The lowest BCUT2D eigenvalue weighted by Gasteiger charge is -2.14. The summed E-state index contributed by atoms with van der Waals surface area (Å²) in [6.45, 7) is 5.58. The van der Waals surface area contributed by atoms with Gasteiger partial charge in [-0.05, 0) is 50.1 Å². The van der Waals surface area contributed by atoms with Crippen LogP contribution in [-0.2, 0) is 16.1 Å². The minimum Gasteiger partial charge on any atom is -0.467 e. The minimum absolute atomic E-state index is 0.261. The van der Waals surface area contributed by atoms with Gasteiger partial charge < -0.3 is 14.5 Å². The Bertz CT molecular complexity index is 661. The molecule has 0 aliphatic carbocycles. The fraction of sp³-hybridized carbons (Fsp3) is 0.294. The molecule has 0 bridgehead atoms. The summed E-state index contributed by atoms with van der Waals surface area (Å²) in [7, 11) is 0. The van der Waals surface area contributed by atoms with Crippen molar-refractivity contribution in [2.75, 3.05) is 0 Å². The number of aryl methyl sites for hydroxylation is 1. The Morgan fingerprint density at radius 1 is 1.23 bits per heavy atom. The van der Waals surface area contributed by atoms with Crippen LogP contribution in [0.15, 0.2) is 41.0 Å². The highest BCUT2D eigenvalue weighted by atomic mass is 16.5. The number of ether oxygens (including phenoxy) is 1. The fourth-order valence-electron chi connectivity index (χ4n) is 1.98. The molecule has 0 unspecified atom stereocenters. The summed E-state index contributed by atoms with van der Waals surface area (Å²) in [5.41, 5.74) is 2.34. The highest BCUT2D eigenvalue weighted by Crippen LogP contribution is 2.14. The van der Waals surface area contributed by atoms with Crippen LogP contribution in [0.1, 0.15) is 34.2 Å². The van der Waals surface area contributed by atoms with E-state index >= 15 is 0 Å². The van der Waals surface area contributed by atoms with Crippen LogP contribution in [0.2, 0.25) is 0 Å². The zero-order valence-electron chi connectivity index (χ0n) is 12.9. The molecule has 1 atom stereocenters. The van der Waals surface area contributed by atoms with Gasteiger partial charge >= 0.3 is 5.97 Å². The van der Waals surface area contributed by atoms with Crippen LogP contribution in [-0.4, -0.2) is 18.0 Å². The number of hydrogen-bond donors (Lipinski definition) is 1. The normalized spacial score (nSPS) is 11.8. The van der Waals surface area contributed by atoms with E-state index in [0.29, 0.717) is 11.3 Å². The van der Waals surface area contributed by atoms with Gasteiger partial charge in [-0.2, -0.15) is 0 Å². The van der Waals surface area contributed by atoms with Crippen molar-refractivity contribution in [1.82, 2.24) is 5.32 Å². The number of amides is 1. The van der Waals surface area contributed by atoms with E-state index in [0.717, 1.165) is 11.1 Å². The Kier molecular flexibility index (Phi) is 4.99. The lowest BCUT2D eigenvalue weighted by molar-refractivity contribution is -0.129. The molecule has 116 valence electrons. The van der Waals surface area contributed by atoms with Crippen molar-refractivity contribution in [2.24, 2.45) is 0 Å². The molecule has 1 aromatic heterocycles. The van der Waals surface area contributed by atoms with Crippen molar-refractivity contribution in [3.05, 3.63) is 59.0 Å². The van der Waals surface area contributed by atoms with Gasteiger partial charge in [0.25, 0.3) is 5.91 Å². The third-order valence-corrected chi connectivity index (χ3v) is 3.49. The zero-order chi connectivity index (χ0) is 16.1. The number of esters is 1. The molecule has 0 spiro atoms. The molecule has 5 nitrogen and oxygen atoms in total. The standard InChI is InChI=1S/C17H19NO4/c1-11-6-4-8-15(12(11)2)17(20)22-13(3)16(19)18-10-14-7-5-9-21-14/h4-9,13H,10H2,1-3H3,(H,18,19)/t13-/m1/s1. The van der Waals surface area contributed by atoms with Crippen LogP contribution in [0.25, 0.3) is 0 Å². The molecule has 1 aromatic carbocycles. The van der Waals surface area contributed by atoms with Crippen LogP contribution in [0.5, 0.6) is 0 Å². The van der Waals surface area contributed by atoms with E-state index in [4.69, 9.17) is 9.15 Å². The largest absolute Gasteiger partial charge is 0.467 e. The molecule has 5 heteroatoms. The predicted octanol–water partition coefficient (Wildman–Crippen LogP) is 2.76. The van der Waals surface area contributed by atoms with Crippen molar-refractivity contribution >= 4 is 11.9 Å². The summed E-state index contributed by atoms with van der Waals surface area (Å²) in [4.78, 5) is 24.1. The molecule has 0 radical (unpaired) electrons. The molecular formula is C17H19NO4. The number of nitrogens with one attached hydrogen (secondary N) is 1. The van der Waals surface area contributed by atoms with E-state index in [1.165, 1.54) is 6.26 Å². The molecule has 2 aromatic rings. The molecule has 22 heavy (non-hydrogen) atoms. The SMILES string of the molecule is Cc1cccc(C(=O)O[C@H](C)C(=O)NCc2ccco2)c1C. The molecule has 0 saturated carbocycles. The molecule has 1 amide bonds. The summed E-state index contributed by atoms with van der Waals surface area (Å²) >= 11 is 0. The van der Waals surface area contributed by atoms with Crippen molar-refractivity contribution in [2.45, 2.75) is 33.4 Å². The van der Waals surface area contributed by atoms with E-state index in [1.807, 2.05) is 19.9 Å². The fourth-order valence-corrected chi connectivity index (χ4v) is 1.98. The average molecular weight is 301 g/mol. The first-order chi connectivity index (χ1) is 10.5. The molecule has 0 saturated heterocycles. The minimum atomic E-state index is -0.873. The van der Waals surface area contributed by atoms with E-state index in [2.05, 4.69) is 5.32 Å². The maximum atomic E-state index is 12.1. The van der Waals surface area contributed by atoms with Gasteiger partial charge in [-0.3, -0.25) is 4.79 Å². The quantitative estimate of drug-likeness (QED) is 0.862. The van der Waals surface area contributed by atoms with Gasteiger partial charge in [0.1, 0.15) is 5.76 Å². The Morgan fingerprint density at radius 2 is 2.00 bits per heavy atom. The average Bonchev–Trinajstić information content (AvgIpc) is 3.00. The second-order valence-electron chi connectivity index (χ2n) is 5.09. The lowest BCUT2D eigenvalue weighted by Crippen LogP contribution is -2.35. The zero-order valence-corrected chi connectivity index (χ0v) is 12.9. The lowest BCUT2D eigenvalue weighted by atomic mass is 10.0. The predicted molar refractivity (Wildman–Crippen MR) is 81.3 cm³/mol. The number of hydrogen-bond acceptors (Lipinski definition) is 4. The first kappa shape index (κ1) is 15.8. The third-order valence-electron chi connectivity index (χ3n) is 3.49. The molecule has 2 rings (SSSR count). The van der Waals surface area contributed by atoms with Crippen LogP contribution >= 0.6 is 0 Å². The molecule has 0 aliphatic heterocycles.